The van der Waals surface area contributed by atoms with Gasteiger partial charge >= 0.3 is 5.97 Å². The molecule has 0 aliphatic heterocycles. The van der Waals surface area contributed by atoms with Gasteiger partial charge in [0.15, 0.2) is 0 Å². The maximum atomic E-state index is 11.4. The molecule has 0 atom stereocenters. The molecule has 0 saturated heterocycles. The Bertz CT molecular complexity index is 723. The molecule has 2 aromatic rings. The van der Waals surface area contributed by atoms with Crippen molar-refractivity contribution < 1.29 is 9.53 Å². The van der Waals surface area contributed by atoms with Crippen molar-refractivity contribution >= 4 is 37.8 Å². The van der Waals surface area contributed by atoms with Gasteiger partial charge in [-0.3, -0.25) is 4.79 Å². The van der Waals surface area contributed by atoms with Crippen LogP contribution in [0.15, 0.2) is 39.3 Å². The summed E-state index contributed by atoms with van der Waals surface area (Å²) in [5, 5.41) is 0. The molecular weight excluding hydrogens is 396 g/mol. The number of rotatable bonds is 3. The Morgan fingerprint density at radius 3 is 2.71 bits per heavy atom. The molecule has 0 amide bonds. The van der Waals surface area contributed by atoms with Gasteiger partial charge in [0.25, 0.3) is 0 Å². The van der Waals surface area contributed by atoms with Crippen molar-refractivity contribution in [3.05, 3.63) is 56.0 Å². The third-order valence-electron chi connectivity index (χ3n) is 3.91. The van der Waals surface area contributed by atoms with Crippen LogP contribution in [-0.4, -0.2) is 13.1 Å². The van der Waals surface area contributed by atoms with Crippen LogP contribution < -0.4 is 0 Å². The Kier molecular flexibility index (Phi) is 4.18. The summed E-state index contributed by atoms with van der Waals surface area (Å²) in [5.74, 6) is -0.169. The molecule has 0 aromatic heterocycles. The molecule has 0 spiro atoms. The second-order valence-electron chi connectivity index (χ2n) is 5.11. The van der Waals surface area contributed by atoms with E-state index < -0.39 is 0 Å². The van der Waals surface area contributed by atoms with Crippen LogP contribution in [-0.2, 0) is 22.4 Å². The van der Waals surface area contributed by atoms with Crippen molar-refractivity contribution in [1.82, 2.24) is 0 Å². The zero-order chi connectivity index (χ0) is 15.0. The minimum atomic E-state index is -0.169. The summed E-state index contributed by atoms with van der Waals surface area (Å²) in [6, 6.07) is 10.6. The van der Waals surface area contributed by atoms with Crippen LogP contribution in [0.2, 0.25) is 0 Å². The Balaban J connectivity index is 2.00. The van der Waals surface area contributed by atoms with Crippen molar-refractivity contribution in [3.8, 4) is 11.1 Å². The molecule has 0 heterocycles. The quantitative estimate of drug-likeness (QED) is 0.575. The molecule has 2 nitrogen and oxygen atoms in total. The number of ether oxygens (including phenoxy) is 1. The van der Waals surface area contributed by atoms with E-state index in [1.807, 2.05) is 0 Å². The molecule has 0 radical (unpaired) electrons. The third-order valence-corrected chi connectivity index (χ3v) is 5.14. The Hall–Kier alpha value is -1.13. The topological polar surface area (TPSA) is 26.3 Å². The largest absolute Gasteiger partial charge is 0.469 e. The number of hydrogen-bond donors (Lipinski definition) is 0. The summed E-state index contributed by atoms with van der Waals surface area (Å²) in [6.07, 6.45) is 2.03. The molecule has 4 heteroatoms. The monoisotopic (exact) mass is 408 g/mol. The summed E-state index contributed by atoms with van der Waals surface area (Å²) < 4.78 is 6.92. The zero-order valence-electron chi connectivity index (χ0n) is 11.6. The summed E-state index contributed by atoms with van der Waals surface area (Å²) in [4.78, 5) is 11.4. The van der Waals surface area contributed by atoms with E-state index in [0.29, 0.717) is 12.8 Å². The molecule has 0 N–H and O–H groups in total. The van der Waals surface area contributed by atoms with E-state index in [0.717, 1.165) is 15.4 Å². The van der Waals surface area contributed by atoms with Crippen molar-refractivity contribution in [3.63, 3.8) is 0 Å². The lowest BCUT2D eigenvalue weighted by Crippen LogP contribution is -2.04. The molecule has 0 saturated carbocycles. The predicted molar refractivity (Wildman–Crippen MR) is 90.4 cm³/mol. The highest BCUT2D eigenvalue weighted by molar-refractivity contribution is 9.10. The fourth-order valence-corrected chi connectivity index (χ4v) is 3.86. The van der Waals surface area contributed by atoms with Gasteiger partial charge in [0.05, 0.1) is 7.11 Å². The van der Waals surface area contributed by atoms with Crippen LogP contribution in [0.3, 0.4) is 0 Å². The first-order valence-corrected chi connectivity index (χ1v) is 8.34. The lowest BCUT2D eigenvalue weighted by atomic mass is 9.98. The Labute approximate surface area is 140 Å². The minimum absolute atomic E-state index is 0.169. The second kappa shape index (κ2) is 5.93. The lowest BCUT2D eigenvalue weighted by Gasteiger charge is -2.10. The van der Waals surface area contributed by atoms with Gasteiger partial charge in [-0.25, -0.2) is 0 Å². The number of hydrogen-bond acceptors (Lipinski definition) is 2. The van der Waals surface area contributed by atoms with Gasteiger partial charge < -0.3 is 4.74 Å². The summed E-state index contributed by atoms with van der Waals surface area (Å²) in [5.41, 5.74) is 6.43. The summed E-state index contributed by atoms with van der Waals surface area (Å²) in [6.45, 7) is 0. The molecule has 0 unspecified atom stereocenters. The van der Waals surface area contributed by atoms with Gasteiger partial charge in [0.1, 0.15) is 0 Å². The number of carbonyl (C=O) groups is 1. The van der Waals surface area contributed by atoms with Gasteiger partial charge in [-0.05, 0) is 58.9 Å². The van der Waals surface area contributed by atoms with Crippen molar-refractivity contribution in [2.24, 2.45) is 0 Å². The number of fused-ring (bicyclic) bond motifs is 3. The van der Waals surface area contributed by atoms with E-state index in [4.69, 9.17) is 4.74 Å². The smallest absolute Gasteiger partial charge is 0.305 e. The van der Waals surface area contributed by atoms with Crippen LogP contribution in [0.1, 0.15) is 23.1 Å². The van der Waals surface area contributed by atoms with E-state index in [1.165, 1.54) is 34.9 Å². The van der Waals surface area contributed by atoms with E-state index in [9.17, 15) is 4.79 Å². The summed E-state index contributed by atoms with van der Waals surface area (Å²) >= 11 is 7.15. The van der Waals surface area contributed by atoms with E-state index in [-0.39, 0.29) is 5.97 Å². The summed E-state index contributed by atoms with van der Waals surface area (Å²) in [7, 11) is 1.43. The van der Waals surface area contributed by atoms with Gasteiger partial charge in [0.2, 0.25) is 0 Å². The first-order valence-electron chi connectivity index (χ1n) is 6.76. The molecule has 0 fully saturated rings. The standard InChI is InChI=1S/C17H14Br2O2/c1-21-17(20)7-5-14-15-9-10-8-11(18)2-3-12(10)13(15)4-6-16(14)19/h2-4,6,8H,5,7,9H2,1H3. The third kappa shape index (κ3) is 2.79. The SMILES string of the molecule is COC(=O)CCc1c(Br)ccc2c1Cc1cc(Br)ccc1-2. The fourth-order valence-electron chi connectivity index (χ4n) is 2.88. The van der Waals surface area contributed by atoms with Crippen molar-refractivity contribution in [2.75, 3.05) is 7.11 Å². The molecule has 3 rings (SSSR count). The zero-order valence-corrected chi connectivity index (χ0v) is 14.8. The van der Waals surface area contributed by atoms with E-state index in [1.54, 1.807) is 0 Å². The number of carbonyl (C=O) groups excluding carboxylic acids is 1. The van der Waals surface area contributed by atoms with Gasteiger partial charge in [-0.2, -0.15) is 0 Å². The maximum Gasteiger partial charge on any atom is 0.305 e. The van der Waals surface area contributed by atoms with Gasteiger partial charge in [0, 0.05) is 15.4 Å². The highest BCUT2D eigenvalue weighted by Gasteiger charge is 2.23. The minimum Gasteiger partial charge on any atom is -0.469 e. The first-order chi connectivity index (χ1) is 10.1. The predicted octanol–water partition coefficient (Wildman–Crippen LogP) is 4.89. The number of esters is 1. The average molecular weight is 410 g/mol. The normalized spacial score (nSPS) is 12.0. The lowest BCUT2D eigenvalue weighted by molar-refractivity contribution is -0.140. The molecule has 1 aliphatic carbocycles. The highest BCUT2D eigenvalue weighted by Crippen LogP contribution is 2.41. The number of methoxy groups -OCH3 is 1. The first kappa shape index (κ1) is 14.8. The Morgan fingerprint density at radius 1 is 1.19 bits per heavy atom. The molecule has 0 bridgehead atoms. The number of halogens is 2. The van der Waals surface area contributed by atoms with E-state index in [2.05, 4.69) is 62.2 Å². The molecule has 21 heavy (non-hydrogen) atoms. The molecule has 2 aromatic carbocycles. The van der Waals surface area contributed by atoms with Crippen molar-refractivity contribution in [1.29, 1.82) is 0 Å². The van der Waals surface area contributed by atoms with Crippen LogP contribution in [0.25, 0.3) is 11.1 Å². The van der Waals surface area contributed by atoms with Crippen LogP contribution in [0.5, 0.6) is 0 Å². The van der Waals surface area contributed by atoms with Crippen LogP contribution >= 0.6 is 31.9 Å². The van der Waals surface area contributed by atoms with Crippen molar-refractivity contribution in [2.45, 2.75) is 19.3 Å². The van der Waals surface area contributed by atoms with Crippen LogP contribution in [0, 0.1) is 0 Å². The maximum absolute atomic E-state index is 11.4. The molecule has 108 valence electrons. The highest BCUT2D eigenvalue weighted by atomic mass is 79.9. The second-order valence-corrected chi connectivity index (χ2v) is 6.88. The van der Waals surface area contributed by atoms with Gasteiger partial charge in [-0.1, -0.05) is 44.0 Å². The fraction of sp³-hybridized carbons (Fsp3) is 0.235. The number of benzene rings is 2. The van der Waals surface area contributed by atoms with Crippen LogP contribution in [0.4, 0.5) is 0 Å². The van der Waals surface area contributed by atoms with E-state index >= 15 is 0 Å². The average Bonchev–Trinajstić information content (AvgIpc) is 2.83. The van der Waals surface area contributed by atoms with Gasteiger partial charge in [-0.15, -0.1) is 0 Å². The Morgan fingerprint density at radius 2 is 1.95 bits per heavy atom. The molecule has 1 aliphatic rings. The molecular formula is C17H14Br2O2.